The van der Waals surface area contributed by atoms with Crippen molar-refractivity contribution < 1.29 is 36.3 Å². The Kier molecular flexibility index (Phi) is 11.8. The Morgan fingerprint density at radius 1 is 0.735 bits per heavy atom. The third-order valence-corrected chi connectivity index (χ3v) is 6.28. The second-order valence-corrected chi connectivity index (χ2v) is 8.86. The first-order chi connectivity index (χ1) is 16.3. The van der Waals surface area contributed by atoms with E-state index in [1.54, 1.807) is 0 Å². The maximum absolute atomic E-state index is 13.9. The largest absolute Gasteiger partial charge is 0.465 e. The third-order valence-electron chi connectivity index (χ3n) is 6.28. The number of piperidine rings is 1. The van der Waals surface area contributed by atoms with Gasteiger partial charge in [-0.1, -0.05) is 64.7 Å². The van der Waals surface area contributed by atoms with Gasteiger partial charge < -0.3 is 9.64 Å². The molecule has 0 saturated carbocycles. The van der Waals surface area contributed by atoms with Crippen LogP contribution in [-0.2, 0) is 9.53 Å². The second-order valence-electron chi connectivity index (χ2n) is 8.86. The standard InChI is InChI=1S/C25H34F5NO3/c1-2-3-4-5-6-7-8-9-10-11-16-34-25(33)17-12-14-31(15-13-17)24(32)18-19(26)21(28)23(30)22(29)20(18)27/h17H,2-16H2,1H3. The second kappa shape index (κ2) is 14.3. The molecule has 1 aromatic carbocycles. The van der Waals surface area contributed by atoms with Crippen LogP contribution in [0, 0.1) is 35.0 Å². The van der Waals surface area contributed by atoms with Gasteiger partial charge in [0.25, 0.3) is 5.91 Å². The fraction of sp³-hybridized carbons (Fsp3) is 0.680. The minimum absolute atomic E-state index is 0.0453. The van der Waals surface area contributed by atoms with Crippen molar-refractivity contribution in [2.24, 2.45) is 5.92 Å². The van der Waals surface area contributed by atoms with Crippen LogP contribution in [0.3, 0.4) is 0 Å². The number of halogens is 5. The van der Waals surface area contributed by atoms with Gasteiger partial charge in [0, 0.05) is 13.1 Å². The zero-order chi connectivity index (χ0) is 25.1. The van der Waals surface area contributed by atoms with E-state index in [1.165, 1.54) is 44.9 Å². The molecule has 1 heterocycles. The van der Waals surface area contributed by atoms with Gasteiger partial charge in [-0.15, -0.1) is 0 Å². The Morgan fingerprint density at radius 2 is 1.18 bits per heavy atom. The molecule has 1 aliphatic heterocycles. The van der Waals surface area contributed by atoms with E-state index in [2.05, 4.69) is 6.92 Å². The monoisotopic (exact) mass is 491 g/mol. The molecular formula is C25H34F5NO3. The molecule has 4 nitrogen and oxygen atoms in total. The molecule has 0 atom stereocenters. The minimum Gasteiger partial charge on any atom is -0.465 e. The summed E-state index contributed by atoms with van der Waals surface area (Å²) in [7, 11) is 0. The predicted molar refractivity (Wildman–Crippen MR) is 118 cm³/mol. The van der Waals surface area contributed by atoms with E-state index in [0.29, 0.717) is 6.61 Å². The van der Waals surface area contributed by atoms with E-state index >= 15 is 0 Å². The number of unbranched alkanes of at least 4 members (excludes halogenated alkanes) is 9. The maximum atomic E-state index is 13.9. The Morgan fingerprint density at radius 3 is 1.68 bits per heavy atom. The Labute approximate surface area is 197 Å². The first-order valence-corrected chi connectivity index (χ1v) is 12.3. The SMILES string of the molecule is CCCCCCCCCCCCOC(=O)C1CCN(C(=O)c2c(F)c(F)c(F)c(F)c2F)CC1. The van der Waals surface area contributed by atoms with Crippen LogP contribution in [0.5, 0.6) is 0 Å². The molecule has 0 bridgehead atoms. The molecule has 9 heteroatoms. The molecule has 0 N–H and O–H groups in total. The fourth-order valence-electron chi connectivity index (χ4n) is 4.15. The lowest BCUT2D eigenvalue weighted by atomic mass is 9.96. The normalized spacial score (nSPS) is 14.5. The average molecular weight is 492 g/mol. The van der Waals surface area contributed by atoms with Crippen LogP contribution >= 0.6 is 0 Å². The highest BCUT2D eigenvalue weighted by molar-refractivity contribution is 5.95. The summed E-state index contributed by atoms with van der Waals surface area (Å²) in [6, 6.07) is 0. The molecule has 2 rings (SSSR count). The van der Waals surface area contributed by atoms with Crippen molar-refractivity contribution in [3.63, 3.8) is 0 Å². The molecule has 0 aliphatic carbocycles. The zero-order valence-corrected chi connectivity index (χ0v) is 19.7. The number of carbonyl (C=O) groups excluding carboxylic acids is 2. The number of hydrogen-bond acceptors (Lipinski definition) is 3. The van der Waals surface area contributed by atoms with Gasteiger partial charge in [0.2, 0.25) is 5.82 Å². The summed E-state index contributed by atoms with van der Waals surface area (Å²) in [5.41, 5.74) is -1.47. The van der Waals surface area contributed by atoms with Crippen LogP contribution in [0.4, 0.5) is 22.0 Å². The fourth-order valence-corrected chi connectivity index (χ4v) is 4.15. The Balaban J connectivity index is 1.67. The van der Waals surface area contributed by atoms with Crippen LogP contribution < -0.4 is 0 Å². The topological polar surface area (TPSA) is 46.6 Å². The Bertz CT molecular complexity index is 796. The zero-order valence-electron chi connectivity index (χ0n) is 19.7. The lowest BCUT2D eigenvalue weighted by molar-refractivity contribution is -0.150. The smallest absolute Gasteiger partial charge is 0.309 e. The van der Waals surface area contributed by atoms with E-state index < -0.39 is 46.5 Å². The summed E-state index contributed by atoms with van der Waals surface area (Å²) in [5, 5.41) is 0. The van der Waals surface area contributed by atoms with Crippen LogP contribution in [-0.4, -0.2) is 36.5 Å². The number of amides is 1. The maximum Gasteiger partial charge on any atom is 0.309 e. The van der Waals surface area contributed by atoms with E-state index in [0.717, 1.165) is 24.2 Å². The van der Waals surface area contributed by atoms with Gasteiger partial charge in [0.05, 0.1) is 12.5 Å². The Hall–Kier alpha value is -2.19. The molecule has 0 aromatic heterocycles. The molecule has 1 aliphatic rings. The summed E-state index contributed by atoms with van der Waals surface area (Å²) in [6.45, 7) is 2.43. The highest BCUT2D eigenvalue weighted by atomic mass is 19.2. The van der Waals surface area contributed by atoms with E-state index in [-0.39, 0.29) is 31.9 Å². The first-order valence-electron chi connectivity index (χ1n) is 12.3. The molecule has 34 heavy (non-hydrogen) atoms. The molecule has 1 aromatic rings. The summed E-state index contributed by atoms with van der Waals surface area (Å²) in [5.74, 6) is -13.1. The summed E-state index contributed by atoms with van der Waals surface area (Å²) >= 11 is 0. The van der Waals surface area contributed by atoms with Gasteiger partial charge >= 0.3 is 5.97 Å². The van der Waals surface area contributed by atoms with E-state index in [9.17, 15) is 31.5 Å². The van der Waals surface area contributed by atoms with E-state index in [1.807, 2.05) is 0 Å². The van der Waals surface area contributed by atoms with Gasteiger partial charge in [-0.2, -0.15) is 0 Å². The summed E-state index contributed by atoms with van der Waals surface area (Å²) in [6.07, 6.45) is 12.0. The number of benzene rings is 1. The number of carbonyl (C=O) groups is 2. The number of likely N-dealkylation sites (tertiary alicyclic amines) is 1. The first kappa shape index (κ1) is 28.1. The lowest BCUT2D eigenvalue weighted by Gasteiger charge is -2.31. The van der Waals surface area contributed by atoms with Gasteiger partial charge in [0.15, 0.2) is 23.3 Å². The van der Waals surface area contributed by atoms with Gasteiger partial charge in [-0.25, -0.2) is 22.0 Å². The van der Waals surface area contributed by atoms with Crippen LogP contribution in [0.15, 0.2) is 0 Å². The summed E-state index contributed by atoms with van der Waals surface area (Å²) in [4.78, 5) is 25.6. The number of rotatable bonds is 13. The lowest BCUT2D eigenvalue weighted by Crippen LogP contribution is -2.41. The molecule has 0 unspecified atom stereocenters. The van der Waals surface area contributed by atoms with Gasteiger partial charge in [0.1, 0.15) is 5.56 Å². The third kappa shape index (κ3) is 7.67. The number of hydrogen-bond donors (Lipinski definition) is 0. The van der Waals surface area contributed by atoms with Crippen LogP contribution in [0.1, 0.15) is 94.3 Å². The molecule has 1 fully saturated rings. The van der Waals surface area contributed by atoms with Gasteiger partial charge in [-0.3, -0.25) is 9.59 Å². The predicted octanol–water partition coefficient (Wildman–Crippen LogP) is 6.70. The van der Waals surface area contributed by atoms with Gasteiger partial charge in [-0.05, 0) is 19.3 Å². The van der Waals surface area contributed by atoms with Crippen molar-refractivity contribution in [1.29, 1.82) is 0 Å². The van der Waals surface area contributed by atoms with Crippen molar-refractivity contribution >= 4 is 11.9 Å². The van der Waals surface area contributed by atoms with Crippen LogP contribution in [0.25, 0.3) is 0 Å². The molecule has 0 radical (unpaired) electrons. The highest BCUT2D eigenvalue weighted by Crippen LogP contribution is 2.26. The van der Waals surface area contributed by atoms with Crippen LogP contribution in [0.2, 0.25) is 0 Å². The highest BCUT2D eigenvalue weighted by Gasteiger charge is 2.35. The number of ether oxygens (including phenoxy) is 1. The van der Waals surface area contributed by atoms with E-state index in [4.69, 9.17) is 4.74 Å². The summed E-state index contributed by atoms with van der Waals surface area (Å²) < 4.78 is 73.1. The molecule has 0 spiro atoms. The van der Waals surface area contributed by atoms with Crippen molar-refractivity contribution in [1.82, 2.24) is 4.90 Å². The molecule has 192 valence electrons. The molecule has 1 amide bonds. The average Bonchev–Trinajstić information content (AvgIpc) is 2.84. The molecule has 1 saturated heterocycles. The number of esters is 1. The molecular weight excluding hydrogens is 457 g/mol. The van der Waals surface area contributed by atoms with Crippen molar-refractivity contribution in [3.05, 3.63) is 34.6 Å². The quantitative estimate of drug-likeness (QED) is 0.101. The van der Waals surface area contributed by atoms with Crippen molar-refractivity contribution in [2.45, 2.75) is 84.0 Å². The van der Waals surface area contributed by atoms with Crippen molar-refractivity contribution in [3.8, 4) is 0 Å². The van der Waals surface area contributed by atoms with Crippen molar-refractivity contribution in [2.75, 3.05) is 19.7 Å². The number of nitrogens with zero attached hydrogens (tertiary/aromatic N) is 1. The minimum atomic E-state index is -2.31.